The summed E-state index contributed by atoms with van der Waals surface area (Å²) in [6.07, 6.45) is 2.67. The molecule has 1 aromatic carbocycles. The number of amides is 1. The van der Waals surface area contributed by atoms with Crippen molar-refractivity contribution in [1.29, 1.82) is 0 Å². The van der Waals surface area contributed by atoms with Crippen LogP contribution in [0.4, 0.5) is 13.2 Å². The van der Waals surface area contributed by atoms with E-state index in [4.69, 9.17) is 5.11 Å². The molecule has 1 aliphatic rings. The summed E-state index contributed by atoms with van der Waals surface area (Å²) in [5, 5.41) is 9.08. The van der Waals surface area contributed by atoms with Crippen LogP contribution in [-0.2, 0) is 0 Å². The number of nitrogens with zero attached hydrogens (tertiary/aromatic N) is 1. The van der Waals surface area contributed by atoms with Crippen molar-refractivity contribution in [2.45, 2.75) is 35.7 Å². The summed E-state index contributed by atoms with van der Waals surface area (Å²) in [4.78, 5) is 13.9. The van der Waals surface area contributed by atoms with E-state index in [2.05, 4.69) is 0 Å². The van der Waals surface area contributed by atoms with Gasteiger partial charge in [0.15, 0.2) is 0 Å². The number of carbonyl (C=O) groups excluding carboxylic acids is 1. The number of aliphatic hydroxyl groups excluding tert-OH is 1. The Kier molecular flexibility index (Phi) is 5.16. The van der Waals surface area contributed by atoms with Gasteiger partial charge in [0.2, 0.25) is 0 Å². The molecule has 7 heteroatoms. The third-order valence-electron chi connectivity index (χ3n) is 3.46. The fourth-order valence-corrected chi connectivity index (χ4v) is 2.93. The lowest BCUT2D eigenvalue weighted by Crippen LogP contribution is -2.45. The standard InChI is InChI=1S/C14H16F3NO2S/c15-14(16,17)21-12-7-2-1-6-11(12)13(20)18(8-9-19)10-4-3-5-10/h1-2,6-7,10,19H,3-5,8-9H2. The maximum Gasteiger partial charge on any atom is 0.446 e. The smallest absolute Gasteiger partial charge is 0.395 e. The van der Waals surface area contributed by atoms with Crippen LogP contribution in [0.2, 0.25) is 0 Å². The highest BCUT2D eigenvalue weighted by molar-refractivity contribution is 8.00. The molecule has 1 amide bonds. The van der Waals surface area contributed by atoms with Crippen LogP contribution in [-0.4, -0.2) is 40.6 Å². The van der Waals surface area contributed by atoms with Crippen LogP contribution < -0.4 is 0 Å². The van der Waals surface area contributed by atoms with Crippen LogP contribution >= 0.6 is 11.8 Å². The number of hydrogen-bond donors (Lipinski definition) is 1. The fourth-order valence-electron chi connectivity index (χ4n) is 2.27. The molecule has 116 valence electrons. The predicted octanol–water partition coefficient (Wildman–Crippen LogP) is 3.29. The third-order valence-corrected chi connectivity index (χ3v) is 4.27. The fraction of sp³-hybridized carbons (Fsp3) is 0.500. The number of thioether (sulfide) groups is 1. The van der Waals surface area contributed by atoms with Gasteiger partial charge in [-0.25, -0.2) is 0 Å². The summed E-state index contributed by atoms with van der Waals surface area (Å²) in [7, 11) is 0. The molecule has 0 atom stereocenters. The van der Waals surface area contributed by atoms with Crippen molar-refractivity contribution >= 4 is 17.7 Å². The summed E-state index contributed by atoms with van der Waals surface area (Å²) in [6.45, 7) is -0.0503. The second-order valence-electron chi connectivity index (χ2n) is 4.85. The van der Waals surface area contributed by atoms with E-state index in [0.29, 0.717) is 0 Å². The molecule has 0 radical (unpaired) electrons. The summed E-state index contributed by atoms with van der Waals surface area (Å²) in [5.74, 6) is -0.443. The molecule has 1 N–H and O–H groups in total. The van der Waals surface area contributed by atoms with Gasteiger partial charge in [0, 0.05) is 17.5 Å². The number of benzene rings is 1. The number of carbonyl (C=O) groups is 1. The Morgan fingerprint density at radius 3 is 2.52 bits per heavy atom. The first kappa shape index (κ1) is 16.2. The molecular weight excluding hydrogens is 303 g/mol. The van der Waals surface area contributed by atoms with Crippen LogP contribution in [0.15, 0.2) is 29.2 Å². The quantitative estimate of drug-likeness (QED) is 0.847. The first-order valence-corrected chi connectivity index (χ1v) is 7.50. The average Bonchev–Trinajstić information content (AvgIpc) is 2.34. The maximum atomic E-state index is 12.6. The van der Waals surface area contributed by atoms with E-state index in [-0.39, 0.29) is 41.4 Å². The number of alkyl halides is 3. The van der Waals surface area contributed by atoms with Crippen LogP contribution in [0.3, 0.4) is 0 Å². The van der Waals surface area contributed by atoms with E-state index in [1.54, 1.807) is 6.07 Å². The van der Waals surface area contributed by atoms with Gasteiger partial charge in [0.1, 0.15) is 0 Å². The van der Waals surface area contributed by atoms with Crippen LogP contribution in [0.25, 0.3) is 0 Å². The summed E-state index contributed by atoms with van der Waals surface area (Å²) < 4.78 is 37.7. The van der Waals surface area contributed by atoms with Crippen molar-refractivity contribution in [3.05, 3.63) is 29.8 Å². The van der Waals surface area contributed by atoms with E-state index >= 15 is 0 Å². The van der Waals surface area contributed by atoms with Crippen molar-refractivity contribution in [3.63, 3.8) is 0 Å². The van der Waals surface area contributed by atoms with Gasteiger partial charge in [0.05, 0.1) is 12.2 Å². The maximum absolute atomic E-state index is 12.6. The highest BCUT2D eigenvalue weighted by Crippen LogP contribution is 2.39. The molecule has 0 spiro atoms. The van der Waals surface area contributed by atoms with Gasteiger partial charge in [-0.3, -0.25) is 4.79 Å². The average molecular weight is 319 g/mol. The largest absolute Gasteiger partial charge is 0.446 e. The van der Waals surface area contributed by atoms with Gasteiger partial charge in [-0.15, -0.1) is 0 Å². The van der Waals surface area contributed by atoms with Crippen molar-refractivity contribution in [2.75, 3.05) is 13.2 Å². The molecule has 0 aliphatic heterocycles. The Morgan fingerprint density at radius 2 is 2.00 bits per heavy atom. The van der Waals surface area contributed by atoms with E-state index in [9.17, 15) is 18.0 Å². The van der Waals surface area contributed by atoms with E-state index in [1.807, 2.05) is 0 Å². The molecule has 0 aromatic heterocycles. The van der Waals surface area contributed by atoms with Gasteiger partial charge >= 0.3 is 5.51 Å². The second-order valence-corrected chi connectivity index (χ2v) is 5.96. The van der Waals surface area contributed by atoms with Crippen LogP contribution in [0.1, 0.15) is 29.6 Å². The highest BCUT2D eigenvalue weighted by Gasteiger charge is 2.34. The normalized spacial score (nSPS) is 15.6. The zero-order chi connectivity index (χ0) is 15.5. The Labute approximate surface area is 125 Å². The van der Waals surface area contributed by atoms with Crippen LogP contribution in [0.5, 0.6) is 0 Å². The van der Waals surface area contributed by atoms with Crippen molar-refractivity contribution in [3.8, 4) is 0 Å². The number of hydrogen-bond acceptors (Lipinski definition) is 3. The minimum atomic E-state index is -4.44. The van der Waals surface area contributed by atoms with Gasteiger partial charge in [-0.2, -0.15) is 13.2 Å². The molecule has 1 aliphatic carbocycles. The molecule has 3 nitrogen and oxygen atoms in total. The number of halogens is 3. The number of aliphatic hydroxyl groups is 1. The second kappa shape index (κ2) is 6.70. The Bertz CT molecular complexity index is 503. The monoisotopic (exact) mass is 319 g/mol. The molecule has 0 heterocycles. The zero-order valence-electron chi connectivity index (χ0n) is 11.3. The topological polar surface area (TPSA) is 40.5 Å². The molecule has 1 fully saturated rings. The van der Waals surface area contributed by atoms with Crippen LogP contribution in [0, 0.1) is 0 Å². The Morgan fingerprint density at radius 1 is 1.33 bits per heavy atom. The highest BCUT2D eigenvalue weighted by atomic mass is 32.2. The molecule has 21 heavy (non-hydrogen) atoms. The van der Waals surface area contributed by atoms with Crippen molar-refractivity contribution in [1.82, 2.24) is 4.90 Å². The summed E-state index contributed by atoms with van der Waals surface area (Å²) in [5.41, 5.74) is -4.39. The minimum absolute atomic E-state index is 0.0218. The van der Waals surface area contributed by atoms with E-state index in [0.717, 1.165) is 19.3 Å². The lowest BCUT2D eigenvalue weighted by Gasteiger charge is -2.37. The molecule has 0 saturated heterocycles. The first-order chi connectivity index (χ1) is 9.92. The van der Waals surface area contributed by atoms with Gasteiger partial charge in [-0.05, 0) is 43.2 Å². The zero-order valence-corrected chi connectivity index (χ0v) is 12.1. The molecule has 0 unspecified atom stereocenters. The molecule has 1 aromatic rings. The minimum Gasteiger partial charge on any atom is -0.395 e. The SMILES string of the molecule is O=C(c1ccccc1SC(F)(F)F)N(CCO)C1CCC1. The lowest BCUT2D eigenvalue weighted by molar-refractivity contribution is -0.0328. The molecule has 1 saturated carbocycles. The third kappa shape index (κ3) is 4.14. The van der Waals surface area contributed by atoms with E-state index < -0.39 is 11.4 Å². The Balaban J connectivity index is 2.24. The Hall–Kier alpha value is -1.21. The van der Waals surface area contributed by atoms with Gasteiger partial charge in [0.25, 0.3) is 5.91 Å². The molecule has 2 rings (SSSR count). The molecule has 0 bridgehead atoms. The van der Waals surface area contributed by atoms with Gasteiger partial charge < -0.3 is 10.0 Å². The lowest BCUT2D eigenvalue weighted by atomic mass is 9.91. The van der Waals surface area contributed by atoms with Crippen molar-refractivity contribution < 1.29 is 23.1 Å². The van der Waals surface area contributed by atoms with E-state index in [1.165, 1.54) is 23.1 Å². The van der Waals surface area contributed by atoms with Crippen molar-refractivity contribution in [2.24, 2.45) is 0 Å². The number of rotatable bonds is 5. The predicted molar refractivity (Wildman–Crippen MR) is 74.1 cm³/mol. The molecular formula is C14H16F3NO2S. The first-order valence-electron chi connectivity index (χ1n) is 6.69. The summed E-state index contributed by atoms with van der Waals surface area (Å²) in [6, 6.07) is 5.74. The van der Waals surface area contributed by atoms with Gasteiger partial charge in [-0.1, -0.05) is 12.1 Å². The summed E-state index contributed by atoms with van der Waals surface area (Å²) >= 11 is -0.281.